The van der Waals surface area contributed by atoms with E-state index in [9.17, 15) is 13.6 Å². The fourth-order valence-electron chi connectivity index (χ4n) is 4.80. The van der Waals surface area contributed by atoms with Crippen LogP contribution >= 0.6 is 0 Å². The molecule has 0 unspecified atom stereocenters. The predicted molar refractivity (Wildman–Crippen MR) is 154 cm³/mol. The summed E-state index contributed by atoms with van der Waals surface area (Å²) in [5.74, 6) is -1.99. The molecule has 1 fully saturated rings. The summed E-state index contributed by atoms with van der Waals surface area (Å²) in [5.41, 5.74) is 1.98. The number of benzene rings is 2. The van der Waals surface area contributed by atoms with Crippen LogP contribution in [0.2, 0.25) is 25.7 Å². The van der Waals surface area contributed by atoms with Crippen molar-refractivity contribution < 1.29 is 27.4 Å². The van der Waals surface area contributed by atoms with E-state index in [0.29, 0.717) is 34.8 Å². The lowest BCUT2D eigenvalue weighted by Gasteiger charge is -2.21. The largest absolute Gasteiger partial charge is 0.447 e. The first-order chi connectivity index (χ1) is 20.6. The molecule has 14 heteroatoms. The first-order valence-corrected chi connectivity index (χ1v) is 17.3. The van der Waals surface area contributed by atoms with Crippen LogP contribution in [-0.2, 0) is 16.2 Å². The number of hydrogen-bond donors (Lipinski definition) is 0. The van der Waals surface area contributed by atoms with Crippen molar-refractivity contribution in [3.63, 3.8) is 0 Å². The van der Waals surface area contributed by atoms with Crippen LogP contribution in [0.5, 0.6) is 0 Å². The number of cyclic esters (lactones) is 1. The Balaban J connectivity index is 1.28. The third-order valence-corrected chi connectivity index (χ3v) is 8.85. The van der Waals surface area contributed by atoms with Crippen LogP contribution < -0.4 is 4.90 Å². The molecule has 10 nitrogen and oxygen atoms in total. The predicted octanol–water partition coefficient (Wildman–Crippen LogP) is 6.08. The van der Waals surface area contributed by atoms with Gasteiger partial charge in [0.2, 0.25) is 0 Å². The molecule has 1 atom stereocenters. The minimum atomic E-state index is -1.25. The molecule has 0 saturated carbocycles. The molecule has 3 aromatic heterocycles. The van der Waals surface area contributed by atoms with Gasteiger partial charge in [0.15, 0.2) is 23.1 Å². The van der Waals surface area contributed by atoms with Gasteiger partial charge in [-0.1, -0.05) is 31.8 Å². The highest BCUT2D eigenvalue weighted by Gasteiger charge is 2.37. The number of anilines is 1. The SMILES string of the molecule is C[Si](C)(C)CCOCn1ncnc1-c1ccc(-c2cnn3ccc(N4C(=O)OC[C@@H]4c4ccc(F)c(F)c4)nc23)cc1F. The molecule has 0 radical (unpaired) electrons. The maximum absolute atomic E-state index is 15.5. The molecule has 4 heterocycles. The summed E-state index contributed by atoms with van der Waals surface area (Å²) in [4.78, 5) is 22.8. The molecule has 2 aromatic carbocycles. The summed E-state index contributed by atoms with van der Waals surface area (Å²) in [6.45, 7) is 7.48. The highest BCUT2D eigenvalue weighted by atomic mass is 28.3. The standard InChI is InChI=1S/C29H28F3N7O3Si/c1-43(2,3)11-10-41-17-38-27(33-16-35-38)20-6-4-18(12-23(20)31)21-14-34-37-9-8-26(36-28(21)37)39-25(15-42-29(39)40)19-5-7-22(30)24(32)13-19/h4-9,12-14,16,25H,10-11,15,17H2,1-3H3/t25-/m1/s1. The first-order valence-electron chi connectivity index (χ1n) is 13.6. The zero-order chi connectivity index (χ0) is 30.3. The molecule has 1 aliphatic heterocycles. The third-order valence-electron chi connectivity index (χ3n) is 7.15. The van der Waals surface area contributed by atoms with E-state index in [2.05, 4.69) is 39.8 Å². The van der Waals surface area contributed by atoms with Crippen molar-refractivity contribution >= 4 is 25.6 Å². The Kier molecular flexibility index (Phi) is 7.48. The number of fused-ring (bicyclic) bond motifs is 1. The fraction of sp³-hybridized carbons (Fsp3) is 0.276. The summed E-state index contributed by atoms with van der Waals surface area (Å²) in [7, 11) is -1.25. The lowest BCUT2D eigenvalue weighted by Crippen LogP contribution is -2.28. The first kappa shape index (κ1) is 28.6. The van der Waals surface area contributed by atoms with E-state index in [1.165, 1.54) is 32.6 Å². The van der Waals surface area contributed by atoms with Crippen LogP contribution in [0.25, 0.3) is 28.2 Å². The summed E-state index contributed by atoms with van der Waals surface area (Å²) in [5, 5.41) is 8.51. The molecule has 0 spiro atoms. The van der Waals surface area contributed by atoms with Crippen LogP contribution in [0.3, 0.4) is 0 Å². The molecule has 222 valence electrons. The average molecular weight is 608 g/mol. The highest BCUT2D eigenvalue weighted by Crippen LogP contribution is 2.34. The summed E-state index contributed by atoms with van der Waals surface area (Å²) in [6.07, 6.45) is 3.82. The van der Waals surface area contributed by atoms with Gasteiger partial charge in [0.1, 0.15) is 37.3 Å². The van der Waals surface area contributed by atoms with Crippen LogP contribution in [-0.4, -0.2) is 56.7 Å². The van der Waals surface area contributed by atoms with Crippen molar-refractivity contribution in [3.8, 4) is 22.5 Å². The zero-order valence-electron chi connectivity index (χ0n) is 23.7. The minimum Gasteiger partial charge on any atom is -0.447 e. The topological polar surface area (TPSA) is 99.7 Å². The van der Waals surface area contributed by atoms with Gasteiger partial charge in [-0.3, -0.25) is 4.90 Å². The van der Waals surface area contributed by atoms with Crippen LogP contribution in [0, 0.1) is 17.5 Å². The Morgan fingerprint density at radius 3 is 2.60 bits per heavy atom. The van der Waals surface area contributed by atoms with Gasteiger partial charge in [0.05, 0.1) is 11.8 Å². The molecule has 1 aliphatic rings. The molecule has 1 saturated heterocycles. The van der Waals surface area contributed by atoms with Gasteiger partial charge >= 0.3 is 6.09 Å². The van der Waals surface area contributed by atoms with Crippen molar-refractivity contribution in [1.82, 2.24) is 29.4 Å². The minimum absolute atomic E-state index is 0.0659. The number of nitrogens with zero attached hydrogens (tertiary/aromatic N) is 7. The molecule has 0 aliphatic carbocycles. The third kappa shape index (κ3) is 5.75. The number of ether oxygens (including phenoxy) is 2. The second-order valence-corrected chi connectivity index (χ2v) is 17.0. The summed E-state index contributed by atoms with van der Waals surface area (Å²) in [6, 6.07) is 9.96. The second kappa shape index (κ2) is 11.3. The number of halogens is 3. The maximum atomic E-state index is 15.5. The Hall–Kier alpha value is -4.56. The van der Waals surface area contributed by atoms with E-state index in [1.807, 2.05) is 0 Å². The van der Waals surface area contributed by atoms with E-state index < -0.39 is 37.7 Å². The van der Waals surface area contributed by atoms with Crippen LogP contribution in [0.4, 0.5) is 23.8 Å². The van der Waals surface area contributed by atoms with E-state index in [0.717, 1.165) is 18.2 Å². The monoisotopic (exact) mass is 607 g/mol. The number of carbonyl (C=O) groups excluding carboxylic acids is 1. The normalized spacial score (nSPS) is 15.4. The molecule has 0 bridgehead atoms. The molecule has 43 heavy (non-hydrogen) atoms. The van der Waals surface area contributed by atoms with Crippen molar-refractivity contribution in [3.05, 3.63) is 84.2 Å². The van der Waals surface area contributed by atoms with Crippen LogP contribution in [0.15, 0.2) is 61.2 Å². The number of carbonyl (C=O) groups is 1. The van der Waals surface area contributed by atoms with Gasteiger partial charge in [-0.2, -0.15) is 10.2 Å². The van der Waals surface area contributed by atoms with Crippen molar-refractivity contribution in [2.75, 3.05) is 18.1 Å². The summed E-state index contributed by atoms with van der Waals surface area (Å²) < 4.78 is 57.0. The number of hydrogen-bond acceptors (Lipinski definition) is 7. The Morgan fingerprint density at radius 1 is 1.00 bits per heavy atom. The van der Waals surface area contributed by atoms with E-state index >= 15 is 4.39 Å². The van der Waals surface area contributed by atoms with E-state index in [1.54, 1.807) is 30.6 Å². The second-order valence-electron chi connectivity index (χ2n) is 11.4. The molecule has 0 N–H and O–H groups in total. The number of rotatable bonds is 9. The van der Waals surface area contributed by atoms with Crippen LogP contribution in [0.1, 0.15) is 11.6 Å². The van der Waals surface area contributed by atoms with Gasteiger partial charge in [-0.25, -0.2) is 37.1 Å². The smallest absolute Gasteiger partial charge is 0.416 e. The summed E-state index contributed by atoms with van der Waals surface area (Å²) >= 11 is 0. The number of amides is 1. The van der Waals surface area contributed by atoms with Crippen molar-refractivity contribution in [1.29, 1.82) is 0 Å². The molecule has 6 rings (SSSR count). The Bertz CT molecular complexity index is 1820. The fourth-order valence-corrected chi connectivity index (χ4v) is 5.55. The molecule has 5 aromatic rings. The average Bonchev–Trinajstić information content (AvgIpc) is 3.70. The Labute approximate surface area is 245 Å². The maximum Gasteiger partial charge on any atom is 0.416 e. The van der Waals surface area contributed by atoms with Gasteiger partial charge in [0.25, 0.3) is 0 Å². The Morgan fingerprint density at radius 2 is 1.84 bits per heavy atom. The van der Waals surface area contributed by atoms with Gasteiger partial charge < -0.3 is 9.47 Å². The van der Waals surface area contributed by atoms with Gasteiger partial charge in [-0.05, 0) is 47.5 Å². The van der Waals surface area contributed by atoms with Gasteiger partial charge in [0, 0.05) is 26.4 Å². The lowest BCUT2D eigenvalue weighted by atomic mass is 10.1. The quantitative estimate of drug-likeness (QED) is 0.148. The molecular formula is C29H28F3N7O3Si. The van der Waals surface area contributed by atoms with Crippen molar-refractivity contribution in [2.45, 2.75) is 38.5 Å². The van der Waals surface area contributed by atoms with E-state index in [4.69, 9.17) is 9.47 Å². The van der Waals surface area contributed by atoms with Crippen molar-refractivity contribution in [2.24, 2.45) is 0 Å². The van der Waals surface area contributed by atoms with Gasteiger partial charge in [-0.15, -0.1) is 0 Å². The number of aromatic nitrogens is 6. The lowest BCUT2D eigenvalue weighted by molar-refractivity contribution is 0.0796. The molecule has 1 amide bonds. The zero-order valence-corrected chi connectivity index (χ0v) is 24.7. The molecular weight excluding hydrogens is 579 g/mol. The highest BCUT2D eigenvalue weighted by molar-refractivity contribution is 6.76. The van der Waals surface area contributed by atoms with E-state index in [-0.39, 0.29) is 24.7 Å².